The van der Waals surface area contributed by atoms with Gasteiger partial charge in [0.05, 0.1) is 5.56 Å². The topological polar surface area (TPSA) is 55.4 Å². The molecule has 1 unspecified atom stereocenters. The second kappa shape index (κ2) is 6.61. The Bertz CT molecular complexity index is 805. The first-order valence-electron chi connectivity index (χ1n) is 7.49. The number of hydrogen-bond donors (Lipinski definition) is 1. The number of hydrogen-bond acceptors (Lipinski definition) is 3. The van der Waals surface area contributed by atoms with Crippen LogP contribution >= 0.6 is 11.6 Å². The van der Waals surface area contributed by atoms with E-state index < -0.39 is 5.82 Å². The molecule has 0 bridgehead atoms. The standard InChI is InChI=1S/C18H15ClFNO3/c1-10-8-14(22)18-15(7-6-13(20)17(10)18)24-9-16(23)21-12-4-2-11(19)3-5-12/h2-7,10H,8-9H2,1H3,(H,21,23). The number of fused-ring (bicyclic) bond motifs is 1. The van der Waals surface area contributed by atoms with Crippen molar-refractivity contribution in [1.82, 2.24) is 0 Å². The van der Waals surface area contributed by atoms with E-state index in [1.807, 2.05) is 0 Å². The van der Waals surface area contributed by atoms with Crippen LogP contribution in [-0.4, -0.2) is 18.3 Å². The van der Waals surface area contributed by atoms with Crippen molar-refractivity contribution in [3.05, 3.63) is 58.4 Å². The highest BCUT2D eigenvalue weighted by molar-refractivity contribution is 6.30. The van der Waals surface area contributed by atoms with Crippen LogP contribution in [0.4, 0.5) is 10.1 Å². The molecule has 0 spiro atoms. The lowest BCUT2D eigenvalue weighted by Gasteiger charge is -2.12. The average Bonchev–Trinajstić information content (AvgIpc) is 2.85. The Labute approximate surface area is 143 Å². The van der Waals surface area contributed by atoms with Crippen molar-refractivity contribution >= 4 is 29.0 Å². The molecule has 1 amide bonds. The van der Waals surface area contributed by atoms with E-state index >= 15 is 0 Å². The highest BCUT2D eigenvalue weighted by atomic mass is 35.5. The Morgan fingerprint density at radius 1 is 1.29 bits per heavy atom. The van der Waals surface area contributed by atoms with E-state index in [0.29, 0.717) is 16.3 Å². The molecule has 0 radical (unpaired) electrons. The molecule has 1 atom stereocenters. The summed E-state index contributed by atoms with van der Waals surface area (Å²) in [6.45, 7) is 1.52. The fraction of sp³-hybridized carbons (Fsp3) is 0.222. The SMILES string of the molecule is CC1CC(=O)c2c(OCC(=O)Nc3ccc(Cl)cc3)ccc(F)c21. The number of ketones is 1. The van der Waals surface area contributed by atoms with Crippen LogP contribution in [0.2, 0.25) is 5.02 Å². The Kier molecular flexibility index (Phi) is 4.53. The fourth-order valence-electron chi connectivity index (χ4n) is 2.82. The minimum Gasteiger partial charge on any atom is -0.483 e. The molecular weight excluding hydrogens is 333 g/mol. The number of carbonyl (C=O) groups is 2. The summed E-state index contributed by atoms with van der Waals surface area (Å²) in [7, 11) is 0. The van der Waals surface area contributed by atoms with Gasteiger partial charge in [0.2, 0.25) is 0 Å². The zero-order valence-electron chi connectivity index (χ0n) is 12.9. The Morgan fingerprint density at radius 3 is 2.71 bits per heavy atom. The maximum atomic E-state index is 13.9. The second-order valence-corrected chi connectivity index (χ2v) is 6.14. The van der Waals surface area contributed by atoms with Gasteiger partial charge in [-0.05, 0) is 42.3 Å². The van der Waals surface area contributed by atoms with Crippen molar-refractivity contribution in [2.24, 2.45) is 0 Å². The molecule has 1 aliphatic carbocycles. The number of carbonyl (C=O) groups excluding carboxylic acids is 2. The minimum atomic E-state index is -0.415. The van der Waals surface area contributed by atoms with Gasteiger partial charge in [-0.3, -0.25) is 9.59 Å². The molecule has 0 saturated carbocycles. The molecule has 3 rings (SSSR count). The van der Waals surface area contributed by atoms with Crippen molar-refractivity contribution in [2.75, 3.05) is 11.9 Å². The first kappa shape index (κ1) is 16.5. The third-order valence-electron chi connectivity index (χ3n) is 3.90. The highest BCUT2D eigenvalue weighted by Gasteiger charge is 2.32. The van der Waals surface area contributed by atoms with E-state index in [0.717, 1.165) is 0 Å². The zero-order chi connectivity index (χ0) is 17.3. The summed E-state index contributed by atoms with van der Waals surface area (Å²) >= 11 is 5.78. The van der Waals surface area contributed by atoms with Gasteiger partial charge in [0, 0.05) is 22.7 Å². The van der Waals surface area contributed by atoms with Crippen molar-refractivity contribution in [2.45, 2.75) is 19.3 Å². The van der Waals surface area contributed by atoms with Crippen LogP contribution in [0.25, 0.3) is 0 Å². The van der Waals surface area contributed by atoms with Crippen molar-refractivity contribution in [3.63, 3.8) is 0 Å². The van der Waals surface area contributed by atoms with E-state index in [4.69, 9.17) is 16.3 Å². The Morgan fingerprint density at radius 2 is 2.00 bits per heavy atom. The molecule has 2 aromatic rings. The van der Waals surface area contributed by atoms with E-state index in [-0.39, 0.29) is 41.9 Å². The van der Waals surface area contributed by atoms with Gasteiger partial charge in [-0.15, -0.1) is 0 Å². The monoisotopic (exact) mass is 347 g/mol. The van der Waals surface area contributed by atoms with Gasteiger partial charge >= 0.3 is 0 Å². The van der Waals surface area contributed by atoms with Crippen molar-refractivity contribution in [3.8, 4) is 5.75 Å². The van der Waals surface area contributed by atoms with Gasteiger partial charge in [-0.2, -0.15) is 0 Å². The number of nitrogens with one attached hydrogen (secondary N) is 1. The third kappa shape index (κ3) is 3.26. The lowest BCUT2D eigenvalue weighted by atomic mass is 10.0. The number of Topliss-reactive ketones (excluding diaryl/α,β-unsaturated/α-hetero) is 1. The maximum Gasteiger partial charge on any atom is 0.262 e. The van der Waals surface area contributed by atoms with Crippen LogP contribution in [0.1, 0.15) is 35.2 Å². The number of ether oxygens (including phenoxy) is 1. The summed E-state index contributed by atoms with van der Waals surface area (Å²) in [4.78, 5) is 24.0. The third-order valence-corrected chi connectivity index (χ3v) is 4.16. The Balaban J connectivity index is 1.70. The van der Waals surface area contributed by atoms with Crippen molar-refractivity contribution in [1.29, 1.82) is 0 Å². The smallest absolute Gasteiger partial charge is 0.262 e. The Hall–Kier alpha value is -2.40. The van der Waals surface area contributed by atoms with Gasteiger partial charge in [-0.25, -0.2) is 4.39 Å². The predicted octanol–water partition coefficient (Wildman–Crippen LogP) is 4.19. The highest BCUT2D eigenvalue weighted by Crippen LogP contribution is 2.39. The van der Waals surface area contributed by atoms with Crippen LogP contribution in [0.15, 0.2) is 36.4 Å². The molecular formula is C18H15ClFNO3. The molecule has 24 heavy (non-hydrogen) atoms. The number of amides is 1. The molecule has 0 aliphatic heterocycles. The van der Waals surface area contributed by atoms with Crippen LogP contribution < -0.4 is 10.1 Å². The summed E-state index contributed by atoms with van der Waals surface area (Å²) in [5, 5.41) is 3.23. The van der Waals surface area contributed by atoms with Crippen LogP contribution in [0.3, 0.4) is 0 Å². The molecule has 1 N–H and O–H groups in total. The molecule has 0 fully saturated rings. The average molecular weight is 348 g/mol. The quantitative estimate of drug-likeness (QED) is 0.902. The summed E-state index contributed by atoms with van der Waals surface area (Å²) in [6.07, 6.45) is 0.254. The molecule has 124 valence electrons. The molecule has 0 saturated heterocycles. The summed E-state index contributed by atoms with van der Waals surface area (Å²) in [6, 6.07) is 9.30. The lowest BCUT2D eigenvalue weighted by Crippen LogP contribution is -2.20. The normalized spacial score (nSPS) is 16.0. The summed E-state index contributed by atoms with van der Waals surface area (Å²) < 4.78 is 19.4. The number of anilines is 1. The molecule has 2 aromatic carbocycles. The van der Waals surface area contributed by atoms with Crippen LogP contribution in [-0.2, 0) is 4.79 Å². The first-order chi connectivity index (χ1) is 11.5. The second-order valence-electron chi connectivity index (χ2n) is 5.71. The fourth-order valence-corrected chi connectivity index (χ4v) is 2.95. The van der Waals surface area contributed by atoms with Gasteiger partial charge < -0.3 is 10.1 Å². The van der Waals surface area contributed by atoms with Crippen molar-refractivity contribution < 1.29 is 18.7 Å². The molecule has 0 aromatic heterocycles. The molecule has 6 heteroatoms. The molecule has 1 aliphatic rings. The van der Waals surface area contributed by atoms with E-state index in [9.17, 15) is 14.0 Å². The number of rotatable bonds is 4. The van der Waals surface area contributed by atoms with E-state index in [1.165, 1.54) is 12.1 Å². The zero-order valence-corrected chi connectivity index (χ0v) is 13.7. The van der Waals surface area contributed by atoms with Gasteiger partial charge in [0.25, 0.3) is 5.91 Å². The van der Waals surface area contributed by atoms with Gasteiger partial charge in [-0.1, -0.05) is 18.5 Å². The van der Waals surface area contributed by atoms with E-state index in [1.54, 1.807) is 31.2 Å². The largest absolute Gasteiger partial charge is 0.483 e. The number of halogens is 2. The summed E-state index contributed by atoms with van der Waals surface area (Å²) in [5.74, 6) is -0.897. The predicted molar refractivity (Wildman–Crippen MR) is 89.3 cm³/mol. The van der Waals surface area contributed by atoms with E-state index in [2.05, 4.69) is 5.32 Å². The van der Waals surface area contributed by atoms with Gasteiger partial charge in [0.15, 0.2) is 12.4 Å². The first-order valence-corrected chi connectivity index (χ1v) is 7.87. The van der Waals surface area contributed by atoms with Gasteiger partial charge in [0.1, 0.15) is 11.6 Å². The molecule has 0 heterocycles. The minimum absolute atomic E-state index is 0.162. The number of benzene rings is 2. The maximum absolute atomic E-state index is 13.9. The van der Waals surface area contributed by atoms with Crippen LogP contribution in [0, 0.1) is 5.82 Å². The van der Waals surface area contributed by atoms with Crippen LogP contribution in [0.5, 0.6) is 5.75 Å². The molecule has 4 nitrogen and oxygen atoms in total. The lowest BCUT2D eigenvalue weighted by molar-refractivity contribution is -0.118. The summed E-state index contributed by atoms with van der Waals surface area (Å²) in [5.41, 5.74) is 1.21.